The molecule has 3 rings (SSSR count). The highest BCUT2D eigenvalue weighted by Crippen LogP contribution is 2.36. The molecular formula is C15H19FN2O. The highest BCUT2D eigenvalue weighted by molar-refractivity contribution is 5.78. The van der Waals surface area contributed by atoms with Gasteiger partial charge in [-0.05, 0) is 49.3 Å². The van der Waals surface area contributed by atoms with Crippen LogP contribution in [0.2, 0.25) is 0 Å². The Balaban J connectivity index is 1.39. The van der Waals surface area contributed by atoms with Crippen molar-refractivity contribution < 1.29 is 9.18 Å². The summed E-state index contributed by atoms with van der Waals surface area (Å²) in [6, 6.07) is 7.63. The lowest BCUT2D eigenvalue weighted by atomic mass is 9.76. The smallest absolute Gasteiger partial charge is 0.234 e. The van der Waals surface area contributed by atoms with Gasteiger partial charge in [0.1, 0.15) is 5.82 Å². The first kappa shape index (κ1) is 12.6. The molecule has 0 atom stereocenters. The van der Waals surface area contributed by atoms with E-state index in [2.05, 4.69) is 10.6 Å². The minimum absolute atomic E-state index is 0.0942. The van der Waals surface area contributed by atoms with Gasteiger partial charge >= 0.3 is 0 Å². The van der Waals surface area contributed by atoms with E-state index >= 15 is 0 Å². The number of benzene rings is 1. The number of hydrogen-bond donors (Lipinski definition) is 2. The molecular weight excluding hydrogens is 243 g/mol. The van der Waals surface area contributed by atoms with Crippen molar-refractivity contribution >= 4 is 5.91 Å². The zero-order chi connectivity index (χ0) is 13.2. The molecule has 0 bridgehead atoms. The summed E-state index contributed by atoms with van der Waals surface area (Å²) in [5, 5.41) is 6.22. The normalized spacial score (nSPS) is 25.7. The predicted molar refractivity (Wildman–Crippen MR) is 71.3 cm³/mol. The second-order valence-corrected chi connectivity index (χ2v) is 5.64. The Morgan fingerprint density at radius 3 is 2.74 bits per heavy atom. The van der Waals surface area contributed by atoms with Crippen LogP contribution >= 0.6 is 0 Å². The molecule has 0 heterocycles. The number of nitrogens with one attached hydrogen (secondary N) is 2. The minimum Gasteiger partial charge on any atom is -0.352 e. The van der Waals surface area contributed by atoms with E-state index in [0.717, 1.165) is 31.2 Å². The second-order valence-electron chi connectivity index (χ2n) is 5.64. The quantitative estimate of drug-likeness (QED) is 0.851. The predicted octanol–water partition coefficient (Wildman–Crippen LogP) is 1.94. The van der Waals surface area contributed by atoms with Gasteiger partial charge in [-0.15, -0.1) is 0 Å². The first-order chi connectivity index (χ1) is 9.20. The van der Waals surface area contributed by atoms with Crippen LogP contribution in [0.1, 0.15) is 37.2 Å². The van der Waals surface area contributed by atoms with Crippen LogP contribution in [0.15, 0.2) is 24.3 Å². The van der Waals surface area contributed by atoms with E-state index in [-0.39, 0.29) is 11.7 Å². The maximum atomic E-state index is 13.1. The summed E-state index contributed by atoms with van der Waals surface area (Å²) in [6.07, 6.45) is 4.22. The number of carbonyl (C=O) groups excluding carboxylic acids is 1. The van der Waals surface area contributed by atoms with E-state index in [4.69, 9.17) is 0 Å². The molecule has 0 saturated heterocycles. The summed E-state index contributed by atoms with van der Waals surface area (Å²) in [7, 11) is 0. The lowest BCUT2D eigenvalue weighted by Gasteiger charge is -2.36. The zero-order valence-corrected chi connectivity index (χ0v) is 10.9. The van der Waals surface area contributed by atoms with Gasteiger partial charge in [0.25, 0.3) is 0 Å². The van der Waals surface area contributed by atoms with Gasteiger partial charge in [0, 0.05) is 12.1 Å². The van der Waals surface area contributed by atoms with Gasteiger partial charge in [-0.2, -0.15) is 0 Å². The number of hydrogen-bond acceptors (Lipinski definition) is 2. The lowest BCUT2D eigenvalue weighted by Crippen LogP contribution is -2.45. The fraction of sp³-hybridized carbons (Fsp3) is 0.533. The first-order valence-electron chi connectivity index (χ1n) is 6.99. The van der Waals surface area contributed by atoms with Gasteiger partial charge in [-0.1, -0.05) is 12.1 Å². The van der Waals surface area contributed by atoms with Crippen LogP contribution in [0.4, 0.5) is 4.39 Å². The Morgan fingerprint density at radius 1 is 1.26 bits per heavy atom. The van der Waals surface area contributed by atoms with Crippen LogP contribution < -0.4 is 10.6 Å². The summed E-state index contributed by atoms with van der Waals surface area (Å²) in [6.45, 7) is 0.400. The van der Waals surface area contributed by atoms with Crippen LogP contribution in [-0.4, -0.2) is 24.5 Å². The van der Waals surface area contributed by atoms with Crippen molar-refractivity contribution in [1.29, 1.82) is 0 Å². The van der Waals surface area contributed by atoms with E-state index in [1.54, 1.807) is 12.1 Å². The van der Waals surface area contributed by atoms with E-state index in [1.807, 2.05) is 6.07 Å². The molecule has 19 heavy (non-hydrogen) atoms. The third-order valence-corrected chi connectivity index (χ3v) is 3.95. The van der Waals surface area contributed by atoms with Crippen LogP contribution in [0, 0.1) is 5.82 Å². The van der Waals surface area contributed by atoms with E-state index < -0.39 is 0 Å². The molecule has 2 fully saturated rings. The van der Waals surface area contributed by atoms with Crippen molar-refractivity contribution in [2.24, 2.45) is 0 Å². The molecule has 1 aromatic rings. The number of rotatable bonds is 5. The van der Waals surface area contributed by atoms with Crippen LogP contribution in [0.25, 0.3) is 0 Å². The van der Waals surface area contributed by atoms with Crippen LogP contribution in [-0.2, 0) is 4.79 Å². The number of amides is 1. The van der Waals surface area contributed by atoms with E-state index in [1.165, 1.54) is 6.07 Å². The summed E-state index contributed by atoms with van der Waals surface area (Å²) in [5.74, 6) is 0.356. The average molecular weight is 262 g/mol. The molecule has 0 spiro atoms. The summed E-state index contributed by atoms with van der Waals surface area (Å²) >= 11 is 0. The Bertz CT molecular complexity index is 467. The van der Waals surface area contributed by atoms with Crippen LogP contribution in [0.3, 0.4) is 0 Å². The minimum atomic E-state index is -0.169. The van der Waals surface area contributed by atoms with Gasteiger partial charge in [0.05, 0.1) is 6.54 Å². The number of halogens is 1. The van der Waals surface area contributed by atoms with Gasteiger partial charge in [-0.3, -0.25) is 4.79 Å². The van der Waals surface area contributed by atoms with Crippen molar-refractivity contribution in [3.05, 3.63) is 35.6 Å². The Morgan fingerprint density at radius 2 is 2.05 bits per heavy atom. The highest BCUT2D eigenvalue weighted by Gasteiger charge is 2.31. The molecule has 0 radical (unpaired) electrons. The summed E-state index contributed by atoms with van der Waals surface area (Å²) in [5.41, 5.74) is 1.07. The van der Waals surface area contributed by atoms with E-state index in [9.17, 15) is 9.18 Å². The molecule has 1 amide bonds. The fourth-order valence-corrected chi connectivity index (χ4v) is 2.56. The zero-order valence-electron chi connectivity index (χ0n) is 10.9. The molecule has 2 saturated carbocycles. The standard InChI is InChI=1S/C15H19FN2O/c16-12-3-1-2-10(6-12)11-7-14(8-11)17-9-15(19)18-13-4-5-13/h1-3,6,11,13-14,17H,4-5,7-9H2,(H,18,19). The lowest BCUT2D eigenvalue weighted by molar-refractivity contribution is -0.120. The molecule has 4 heteroatoms. The van der Waals surface area contributed by atoms with Crippen molar-refractivity contribution in [3.63, 3.8) is 0 Å². The average Bonchev–Trinajstić information content (AvgIpc) is 3.11. The summed E-state index contributed by atoms with van der Waals surface area (Å²) < 4.78 is 13.1. The number of carbonyl (C=O) groups is 1. The second kappa shape index (κ2) is 5.29. The topological polar surface area (TPSA) is 41.1 Å². The van der Waals surface area contributed by atoms with Crippen molar-refractivity contribution in [2.75, 3.05) is 6.54 Å². The Hall–Kier alpha value is -1.42. The fourth-order valence-electron chi connectivity index (χ4n) is 2.56. The summed E-state index contributed by atoms with van der Waals surface area (Å²) in [4.78, 5) is 11.5. The molecule has 3 nitrogen and oxygen atoms in total. The third kappa shape index (κ3) is 3.32. The van der Waals surface area contributed by atoms with Gasteiger partial charge in [0.2, 0.25) is 5.91 Å². The molecule has 1 aromatic carbocycles. The van der Waals surface area contributed by atoms with Crippen molar-refractivity contribution in [2.45, 2.75) is 43.7 Å². The maximum Gasteiger partial charge on any atom is 0.234 e. The maximum absolute atomic E-state index is 13.1. The molecule has 2 aliphatic carbocycles. The Kier molecular flexibility index (Phi) is 3.51. The van der Waals surface area contributed by atoms with Crippen LogP contribution in [0.5, 0.6) is 0 Å². The molecule has 2 aliphatic rings. The first-order valence-corrected chi connectivity index (χ1v) is 6.99. The van der Waals surface area contributed by atoms with E-state index in [0.29, 0.717) is 24.5 Å². The van der Waals surface area contributed by atoms with Crippen molar-refractivity contribution in [1.82, 2.24) is 10.6 Å². The highest BCUT2D eigenvalue weighted by atomic mass is 19.1. The van der Waals surface area contributed by atoms with Gasteiger partial charge in [0.15, 0.2) is 0 Å². The molecule has 0 aromatic heterocycles. The molecule has 102 valence electrons. The SMILES string of the molecule is O=C(CNC1CC(c2cccc(F)c2)C1)NC1CC1. The Labute approximate surface area is 112 Å². The van der Waals surface area contributed by atoms with Gasteiger partial charge < -0.3 is 10.6 Å². The molecule has 0 unspecified atom stereocenters. The van der Waals surface area contributed by atoms with Gasteiger partial charge in [-0.25, -0.2) is 4.39 Å². The molecule has 0 aliphatic heterocycles. The monoisotopic (exact) mass is 262 g/mol. The third-order valence-electron chi connectivity index (χ3n) is 3.95. The molecule has 2 N–H and O–H groups in total. The van der Waals surface area contributed by atoms with Crippen molar-refractivity contribution in [3.8, 4) is 0 Å². The largest absolute Gasteiger partial charge is 0.352 e.